The zero-order valence-electron chi connectivity index (χ0n) is 7.38. The molecule has 14 heavy (non-hydrogen) atoms. The van der Waals surface area contributed by atoms with Crippen LogP contribution in [0.4, 0.5) is 4.39 Å². The number of nitrogens with zero attached hydrogens (tertiary/aromatic N) is 2. The van der Waals surface area contributed by atoms with Crippen LogP contribution in [0.25, 0.3) is 11.4 Å². The molecule has 0 atom stereocenters. The summed E-state index contributed by atoms with van der Waals surface area (Å²) >= 11 is 5.77. The third-order valence-corrected chi connectivity index (χ3v) is 2.17. The normalized spacial score (nSPS) is 10.5. The van der Waals surface area contributed by atoms with E-state index in [0.717, 1.165) is 0 Å². The maximum atomic E-state index is 13.1. The zero-order chi connectivity index (χ0) is 10.1. The first kappa shape index (κ1) is 9.15. The Bertz CT molecular complexity index is 467. The van der Waals surface area contributed by atoms with Gasteiger partial charge in [0.25, 0.3) is 0 Å². The summed E-state index contributed by atoms with van der Waals surface area (Å²) in [5.41, 5.74) is 0.496. The van der Waals surface area contributed by atoms with Crippen molar-refractivity contribution in [3.63, 3.8) is 0 Å². The fraction of sp³-hybridized carbons (Fsp3) is 0.111. The molecule has 5 heteroatoms. The summed E-state index contributed by atoms with van der Waals surface area (Å²) in [4.78, 5) is 4.07. The molecule has 1 heterocycles. The van der Waals surface area contributed by atoms with Crippen LogP contribution in [0.1, 0.15) is 5.82 Å². The van der Waals surface area contributed by atoms with Crippen molar-refractivity contribution in [2.24, 2.45) is 0 Å². The Morgan fingerprint density at radius 2 is 2.21 bits per heavy atom. The highest BCUT2D eigenvalue weighted by Crippen LogP contribution is 2.26. The molecule has 0 unspecified atom stereocenters. The second-order valence-corrected chi connectivity index (χ2v) is 3.22. The topological polar surface area (TPSA) is 41.6 Å². The molecule has 0 aliphatic heterocycles. The number of halogens is 2. The van der Waals surface area contributed by atoms with Gasteiger partial charge in [-0.25, -0.2) is 9.37 Å². The van der Waals surface area contributed by atoms with E-state index in [9.17, 15) is 4.39 Å². The van der Waals surface area contributed by atoms with Crippen LogP contribution >= 0.6 is 11.6 Å². The SMILES string of the molecule is Cc1nc(-c2cccc(F)c2Cl)n[nH]1. The summed E-state index contributed by atoms with van der Waals surface area (Å²) in [5.74, 6) is 0.610. The first-order valence-corrected chi connectivity index (χ1v) is 4.39. The van der Waals surface area contributed by atoms with Crippen molar-refractivity contribution in [1.82, 2.24) is 15.2 Å². The summed E-state index contributed by atoms with van der Waals surface area (Å²) in [6.07, 6.45) is 0. The molecule has 1 aromatic carbocycles. The van der Waals surface area contributed by atoms with Crippen molar-refractivity contribution >= 4 is 11.6 Å². The lowest BCUT2D eigenvalue weighted by molar-refractivity contribution is 0.628. The molecule has 0 aliphatic rings. The van der Waals surface area contributed by atoms with E-state index < -0.39 is 5.82 Å². The lowest BCUT2D eigenvalue weighted by atomic mass is 10.2. The molecule has 1 N–H and O–H groups in total. The van der Waals surface area contributed by atoms with E-state index in [1.165, 1.54) is 6.07 Å². The number of nitrogens with one attached hydrogen (secondary N) is 1. The smallest absolute Gasteiger partial charge is 0.182 e. The van der Waals surface area contributed by atoms with Crippen molar-refractivity contribution in [2.75, 3.05) is 0 Å². The first-order chi connectivity index (χ1) is 6.68. The van der Waals surface area contributed by atoms with Crippen molar-refractivity contribution in [3.05, 3.63) is 34.9 Å². The summed E-state index contributed by atoms with van der Waals surface area (Å²) in [7, 11) is 0. The largest absolute Gasteiger partial charge is 0.263 e. The molecule has 0 saturated carbocycles. The minimum absolute atomic E-state index is 0.0477. The monoisotopic (exact) mass is 211 g/mol. The minimum atomic E-state index is -0.466. The Kier molecular flexibility index (Phi) is 2.21. The molecule has 0 aliphatic carbocycles. The summed E-state index contributed by atoms with van der Waals surface area (Å²) in [6.45, 7) is 1.77. The molecular weight excluding hydrogens is 205 g/mol. The van der Waals surface area contributed by atoms with Crippen molar-refractivity contribution in [1.29, 1.82) is 0 Å². The molecule has 2 aromatic rings. The maximum absolute atomic E-state index is 13.1. The van der Waals surface area contributed by atoms with Crippen LogP contribution in [-0.2, 0) is 0 Å². The van der Waals surface area contributed by atoms with Gasteiger partial charge in [-0.1, -0.05) is 17.7 Å². The number of rotatable bonds is 1. The quantitative estimate of drug-likeness (QED) is 0.788. The number of aromatic amines is 1. The molecule has 1 aromatic heterocycles. The van der Waals surface area contributed by atoms with Crippen LogP contribution in [0, 0.1) is 12.7 Å². The molecule has 0 saturated heterocycles. The predicted molar refractivity (Wildman–Crippen MR) is 51.5 cm³/mol. The maximum Gasteiger partial charge on any atom is 0.182 e. The van der Waals surface area contributed by atoms with Gasteiger partial charge >= 0.3 is 0 Å². The van der Waals surface area contributed by atoms with E-state index in [2.05, 4.69) is 15.2 Å². The van der Waals surface area contributed by atoms with E-state index in [1.807, 2.05) is 0 Å². The zero-order valence-corrected chi connectivity index (χ0v) is 8.14. The van der Waals surface area contributed by atoms with Gasteiger partial charge in [-0.05, 0) is 19.1 Å². The number of benzene rings is 1. The van der Waals surface area contributed by atoms with Gasteiger partial charge in [-0.15, -0.1) is 0 Å². The fourth-order valence-electron chi connectivity index (χ4n) is 1.14. The number of H-pyrrole nitrogens is 1. The van der Waals surface area contributed by atoms with Gasteiger partial charge < -0.3 is 0 Å². The van der Waals surface area contributed by atoms with E-state index in [0.29, 0.717) is 17.2 Å². The summed E-state index contributed by atoms with van der Waals surface area (Å²) in [6, 6.07) is 4.54. The Labute approximate surface area is 84.9 Å². The van der Waals surface area contributed by atoms with Gasteiger partial charge in [-0.3, -0.25) is 5.10 Å². The Hall–Kier alpha value is -1.42. The third kappa shape index (κ3) is 1.48. The fourth-order valence-corrected chi connectivity index (χ4v) is 1.35. The number of aryl methyl sites for hydroxylation is 1. The summed E-state index contributed by atoms with van der Waals surface area (Å²) in [5, 5.41) is 6.62. The highest BCUT2D eigenvalue weighted by molar-refractivity contribution is 6.33. The van der Waals surface area contributed by atoms with Gasteiger partial charge in [0.15, 0.2) is 5.82 Å². The molecule has 0 amide bonds. The minimum Gasteiger partial charge on any atom is -0.263 e. The number of aromatic nitrogens is 3. The van der Waals surface area contributed by atoms with Crippen LogP contribution in [-0.4, -0.2) is 15.2 Å². The molecule has 3 nitrogen and oxygen atoms in total. The summed E-state index contributed by atoms with van der Waals surface area (Å²) < 4.78 is 13.1. The highest BCUT2D eigenvalue weighted by Gasteiger charge is 2.10. The van der Waals surface area contributed by atoms with Crippen molar-refractivity contribution in [3.8, 4) is 11.4 Å². The lowest BCUT2D eigenvalue weighted by Gasteiger charge is -1.99. The second kappa shape index (κ2) is 3.38. The van der Waals surface area contributed by atoms with Crippen molar-refractivity contribution in [2.45, 2.75) is 6.92 Å². The Balaban J connectivity index is 2.57. The number of hydrogen-bond acceptors (Lipinski definition) is 2. The molecule has 2 rings (SSSR count). The molecule has 72 valence electrons. The molecule has 0 fully saturated rings. The van der Waals surface area contributed by atoms with Crippen LogP contribution in [0.3, 0.4) is 0 Å². The van der Waals surface area contributed by atoms with Crippen LogP contribution in [0.5, 0.6) is 0 Å². The van der Waals surface area contributed by atoms with Gasteiger partial charge in [0.2, 0.25) is 0 Å². The molecule has 0 spiro atoms. The van der Waals surface area contributed by atoms with E-state index in [4.69, 9.17) is 11.6 Å². The Morgan fingerprint density at radius 1 is 1.43 bits per heavy atom. The van der Waals surface area contributed by atoms with E-state index >= 15 is 0 Å². The van der Waals surface area contributed by atoms with E-state index in [-0.39, 0.29) is 5.02 Å². The molecular formula is C9H7ClFN3. The van der Waals surface area contributed by atoms with Crippen LogP contribution in [0.15, 0.2) is 18.2 Å². The molecule has 0 bridgehead atoms. The highest BCUT2D eigenvalue weighted by atomic mass is 35.5. The van der Waals surface area contributed by atoms with Crippen molar-refractivity contribution < 1.29 is 4.39 Å². The standard InChI is InChI=1S/C9H7ClFN3/c1-5-12-9(14-13-5)6-3-2-4-7(11)8(6)10/h2-4H,1H3,(H,12,13,14). The lowest BCUT2D eigenvalue weighted by Crippen LogP contribution is -1.85. The van der Waals surface area contributed by atoms with E-state index in [1.54, 1.807) is 19.1 Å². The van der Waals surface area contributed by atoms with Gasteiger partial charge in [-0.2, -0.15) is 5.10 Å². The van der Waals surface area contributed by atoms with Gasteiger partial charge in [0, 0.05) is 5.56 Å². The van der Waals surface area contributed by atoms with Gasteiger partial charge in [0.05, 0.1) is 5.02 Å². The van der Waals surface area contributed by atoms with Gasteiger partial charge in [0.1, 0.15) is 11.6 Å². The van der Waals surface area contributed by atoms with Crippen LogP contribution in [0.2, 0.25) is 5.02 Å². The average Bonchev–Trinajstić information content (AvgIpc) is 2.57. The average molecular weight is 212 g/mol. The van der Waals surface area contributed by atoms with Crippen LogP contribution < -0.4 is 0 Å². The second-order valence-electron chi connectivity index (χ2n) is 2.85. The molecule has 0 radical (unpaired) electrons. The first-order valence-electron chi connectivity index (χ1n) is 4.02. The predicted octanol–water partition coefficient (Wildman–Crippen LogP) is 2.57. The third-order valence-electron chi connectivity index (χ3n) is 1.79. The number of hydrogen-bond donors (Lipinski definition) is 1. The Morgan fingerprint density at radius 3 is 2.86 bits per heavy atom.